The fourth-order valence-electron chi connectivity index (χ4n) is 9.04. The number of allylic oxidation sites excluding steroid dienone is 1. The first-order valence-corrected chi connectivity index (χ1v) is 13.9. The molecule has 4 rings (SSSR count). The van der Waals surface area contributed by atoms with Crippen LogP contribution in [0.1, 0.15) is 120 Å². The van der Waals surface area contributed by atoms with Crippen molar-refractivity contribution < 1.29 is 4.79 Å². The minimum atomic E-state index is 0.298. The minimum Gasteiger partial charge on any atom is -0.295 e. The van der Waals surface area contributed by atoms with Crippen molar-refractivity contribution in [2.75, 3.05) is 0 Å². The fourth-order valence-corrected chi connectivity index (χ4v) is 9.04. The molecule has 1 heteroatoms. The standard InChI is InChI=1S/C31H52O/c1-20(12-15-29(6,7)28(3,4)5)24-10-11-25-27-21(2)18-22-19-23(32)13-16-30(22,8)26(27)14-17-31(24,25)9/h19-21,24-27H,10-18H2,1-9H3. The van der Waals surface area contributed by atoms with Crippen molar-refractivity contribution in [3.05, 3.63) is 11.6 Å². The van der Waals surface area contributed by atoms with E-state index in [4.69, 9.17) is 0 Å². The molecular weight excluding hydrogens is 388 g/mol. The minimum absolute atomic E-state index is 0.298. The summed E-state index contributed by atoms with van der Waals surface area (Å²) in [7, 11) is 0. The first-order valence-electron chi connectivity index (χ1n) is 13.9. The maximum absolute atomic E-state index is 12.2. The number of ketones is 1. The second-order valence-electron chi connectivity index (χ2n) is 14.9. The Morgan fingerprint density at radius 2 is 1.72 bits per heavy atom. The molecule has 32 heavy (non-hydrogen) atoms. The van der Waals surface area contributed by atoms with Gasteiger partial charge in [0, 0.05) is 6.42 Å². The van der Waals surface area contributed by atoms with E-state index in [2.05, 4.69) is 68.4 Å². The van der Waals surface area contributed by atoms with Gasteiger partial charge in [0.15, 0.2) is 5.78 Å². The van der Waals surface area contributed by atoms with Crippen molar-refractivity contribution in [2.24, 2.45) is 57.2 Å². The van der Waals surface area contributed by atoms with Crippen LogP contribution in [0.25, 0.3) is 0 Å². The van der Waals surface area contributed by atoms with E-state index in [0.29, 0.717) is 27.4 Å². The monoisotopic (exact) mass is 440 g/mol. The van der Waals surface area contributed by atoms with Crippen LogP contribution in [0.15, 0.2) is 11.6 Å². The molecule has 8 atom stereocenters. The topological polar surface area (TPSA) is 17.1 Å². The van der Waals surface area contributed by atoms with Crippen LogP contribution in [0.2, 0.25) is 0 Å². The van der Waals surface area contributed by atoms with Crippen molar-refractivity contribution in [1.82, 2.24) is 0 Å². The van der Waals surface area contributed by atoms with Gasteiger partial charge >= 0.3 is 0 Å². The van der Waals surface area contributed by atoms with E-state index >= 15 is 0 Å². The van der Waals surface area contributed by atoms with Gasteiger partial charge in [0.1, 0.15) is 0 Å². The van der Waals surface area contributed by atoms with Crippen LogP contribution < -0.4 is 0 Å². The summed E-state index contributed by atoms with van der Waals surface area (Å²) in [5.74, 6) is 5.43. The number of carbonyl (C=O) groups excluding carboxylic acids is 1. The maximum atomic E-state index is 12.2. The van der Waals surface area contributed by atoms with Crippen LogP contribution in [0, 0.1) is 57.2 Å². The van der Waals surface area contributed by atoms with Crippen molar-refractivity contribution in [3.8, 4) is 0 Å². The third-order valence-electron chi connectivity index (χ3n) is 12.3. The van der Waals surface area contributed by atoms with Gasteiger partial charge in [-0.25, -0.2) is 0 Å². The third-order valence-corrected chi connectivity index (χ3v) is 12.3. The Bertz CT molecular complexity index is 766. The summed E-state index contributed by atoms with van der Waals surface area (Å²) in [6.45, 7) is 22.5. The molecule has 3 fully saturated rings. The molecule has 4 aliphatic carbocycles. The lowest BCUT2D eigenvalue weighted by Gasteiger charge is -2.60. The molecule has 3 saturated carbocycles. The van der Waals surface area contributed by atoms with Crippen LogP contribution in [0.3, 0.4) is 0 Å². The van der Waals surface area contributed by atoms with Gasteiger partial charge in [0.05, 0.1) is 0 Å². The Hall–Kier alpha value is -0.590. The molecule has 0 saturated heterocycles. The number of carbonyl (C=O) groups is 1. The van der Waals surface area contributed by atoms with E-state index in [1.54, 1.807) is 0 Å². The van der Waals surface area contributed by atoms with E-state index in [1.165, 1.54) is 50.5 Å². The Balaban J connectivity index is 1.52. The van der Waals surface area contributed by atoms with Gasteiger partial charge in [-0.05, 0) is 115 Å². The zero-order chi connectivity index (χ0) is 23.7. The highest BCUT2D eigenvalue weighted by Gasteiger charge is 2.61. The summed E-state index contributed by atoms with van der Waals surface area (Å²) in [5.41, 5.74) is 3.10. The lowest BCUT2D eigenvalue weighted by molar-refractivity contribution is -0.119. The molecule has 0 aromatic rings. The van der Waals surface area contributed by atoms with Crippen molar-refractivity contribution >= 4 is 5.78 Å². The second kappa shape index (κ2) is 7.98. The van der Waals surface area contributed by atoms with Crippen molar-refractivity contribution in [2.45, 2.75) is 120 Å². The van der Waals surface area contributed by atoms with Crippen LogP contribution in [-0.4, -0.2) is 5.78 Å². The van der Waals surface area contributed by atoms with Crippen molar-refractivity contribution in [3.63, 3.8) is 0 Å². The molecule has 0 amide bonds. The Morgan fingerprint density at radius 3 is 2.38 bits per heavy atom. The zero-order valence-corrected chi connectivity index (χ0v) is 22.8. The lowest BCUT2D eigenvalue weighted by atomic mass is 9.44. The maximum Gasteiger partial charge on any atom is 0.155 e. The summed E-state index contributed by atoms with van der Waals surface area (Å²) >= 11 is 0. The quantitative estimate of drug-likeness (QED) is 0.426. The molecule has 0 bridgehead atoms. The molecule has 0 heterocycles. The summed E-state index contributed by atoms with van der Waals surface area (Å²) in [5, 5.41) is 0. The lowest BCUT2D eigenvalue weighted by Crippen LogP contribution is -2.53. The normalized spacial score (nSPS) is 43.2. The van der Waals surface area contributed by atoms with Gasteiger partial charge in [-0.2, -0.15) is 0 Å². The van der Waals surface area contributed by atoms with Crippen LogP contribution in [0.4, 0.5) is 0 Å². The molecule has 1 nitrogen and oxygen atoms in total. The molecule has 0 aliphatic heterocycles. The van der Waals surface area contributed by atoms with Gasteiger partial charge in [0.25, 0.3) is 0 Å². The van der Waals surface area contributed by atoms with Crippen LogP contribution in [-0.2, 0) is 4.79 Å². The van der Waals surface area contributed by atoms with E-state index < -0.39 is 0 Å². The molecule has 4 aliphatic rings. The second-order valence-corrected chi connectivity index (χ2v) is 14.9. The summed E-state index contributed by atoms with van der Waals surface area (Å²) in [6.07, 6.45) is 13.6. The number of rotatable bonds is 4. The molecule has 0 aromatic heterocycles. The summed E-state index contributed by atoms with van der Waals surface area (Å²) in [4.78, 5) is 12.2. The Labute approximate surface area is 199 Å². The van der Waals surface area contributed by atoms with E-state index in [9.17, 15) is 4.79 Å². The summed E-state index contributed by atoms with van der Waals surface area (Å²) in [6, 6.07) is 0. The highest BCUT2D eigenvalue weighted by atomic mass is 16.1. The third kappa shape index (κ3) is 3.76. The smallest absolute Gasteiger partial charge is 0.155 e. The van der Waals surface area contributed by atoms with Crippen LogP contribution >= 0.6 is 0 Å². The van der Waals surface area contributed by atoms with E-state index in [1.807, 2.05) is 0 Å². The first-order chi connectivity index (χ1) is 14.7. The van der Waals surface area contributed by atoms with Crippen LogP contribution in [0.5, 0.6) is 0 Å². The fraction of sp³-hybridized carbons (Fsp3) is 0.903. The molecule has 0 radical (unpaired) electrons. The Morgan fingerprint density at radius 1 is 1.03 bits per heavy atom. The number of hydrogen-bond donors (Lipinski definition) is 0. The average molecular weight is 441 g/mol. The van der Waals surface area contributed by atoms with Gasteiger partial charge in [-0.15, -0.1) is 0 Å². The predicted octanol–water partition coefficient (Wildman–Crippen LogP) is 8.87. The van der Waals surface area contributed by atoms with Gasteiger partial charge in [0.2, 0.25) is 0 Å². The SMILES string of the molecule is CC1CC2=CC(=O)CCC2(C)C2CCC3(C)C(C(C)CCC(C)(C)C(C)(C)C)CCC3C12. The zero-order valence-electron chi connectivity index (χ0n) is 22.8. The molecule has 182 valence electrons. The molecule has 0 spiro atoms. The largest absolute Gasteiger partial charge is 0.295 e. The highest BCUT2D eigenvalue weighted by Crippen LogP contribution is 2.68. The van der Waals surface area contributed by atoms with E-state index in [-0.39, 0.29) is 0 Å². The predicted molar refractivity (Wildman–Crippen MR) is 136 cm³/mol. The summed E-state index contributed by atoms with van der Waals surface area (Å²) < 4.78 is 0. The Kier molecular flexibility index (Phi) is 6.12. The number of fused-ring (bicyclic) bond motifs is 5. The van der Waals surface area contributed by atoms with Gasteiger partial charge < -0.3 is 0 Å². The van der Waals surface area contributed by atoms with Gasteiger partial charge in [-0.3, -0.25) is 4.79 Å². The van der Waals surface area contributed by atoms with E-state index in [0.717, 1.165) is 48.3 Å². The molecule has 8 unspecified atom stereocenters. The molecule has 0 N–H and O–H groups in total. The highest BCUT2D eigenvalue weighted by molar-refractivity contribution is 5.91. The van der Waals surface area contributed by atoms with Crippen molar-refractivity contribution in [1.29, 1.82) is 0 Å². The molecular formula is C31H52O. The molecule has 0 aromatic carbocycles. The number of hydrogen-bond acceptors (Lipinski definition) is 1. The first kappa shape index (κ1) is 24.5. The van der Waals surface area contributed by atoms with Gasteiger partial charge in [-0.1, -0.05) is 67.9 Å². The average Bonchev–Trinajstić information content (AvgIpc) is 3.04.